The summed E-state index contributed by atoms with van der Waals surface area (Å²) in [6, 6.07) is 28.3. The van der Waals surface area contributed by atoms with E-state index in [1.807, 2.05) is 91.0 Å². The largest absolute Gasteiger partial charge is 0.447 e. The molecule has 2 aliphatic heterocycles. The van der Waals surface area contributed by atoms with E-state index in [-0.39, 0.29) is 37.5 Å². The Kier molecular flexibility index (Phi) is 9.08. The van der Waals surface area contributed by atoms with Crippen LogP contribution in [0.3, 0.4) is 0 Å². The smallest absolute Gasteiger partial charge is 0.416 e. The third kappa shape index (κ3) is 7.01. The molecule has 2 heterocycles. The van der Waals surface area contributed by atoms with E-state index in [2.05, 4.69) is 0 Å². The molecule has 0 aliphatic carbocycles. The molecule has 0 N–H and O–H groups in total. The average molecular weight is 555 g/mol. The number of carbonyl (C=O) groups is 4. The molecule has 8 heteroatoms. The highest BCUT2D eigenvalue weighted by Crippen LogP contribution is 2.26. The van der Waals surface area contributed by atoms with Crippen LogP contribution in [0.4, 0.5) is 9.59 Å². The quantitative estimate of drug-likeness (QED) is 0.324. The Morgan fingerprint density at radius 1 is 0.683 bits per heavy atom. The summed E-state index contributed by atoms with van der Waals surface area (Å²) in [5, 5.41) is 0. The number of hydrogen-bond donors (Lipinski definition) is 0. The molecule has 0 aromatic heterocycles. The van der Waals surface area contributed by atoms with Crippen LogP contribution in [0.25, 0.3) is 0 Å². The summed E-state index contributed by atoms with van der Waals surface area (Å²) in [7, 11) is 0. The maximum Gasteiger partial charge on any atom is 0.416 e. The Bertz CT molecular complexity index is 1350. The van der Waals surface area contributed by atoms with Crippen LogP contribution in [0.1, 0.15) is 36.0 Å². The maximum atomic E-state index is 13.9. The van der Waals surface area contributed by atoms with Gasteiger partial charge in [0.15, 0.2) is 0 Å². The van der Waals surface area contributed by atoms with E-state index in [4.69, 9.17) is 9.47 Å². The molecule has 212 valence electrons. The van der Waals surface area contributed by atoms with Crippen LogP contribution < -0.4 is 0 Å². The zero-order valence-corrected chi connectivity index (χ0v) is 22.9. The van der Waals surface area contributed by atoms with Gasteiger partial charge in [-0.1, -0.05) is 91.0 Å². The van der Waals surface area contributed by atoms with E-state index < -0.39 is 24.1 Å². The molecule has 8 nitrogen and oxygen atoms in total. The third-order valence-corrected chi connectivity index (χ3v) is 7.67. The first-order valence-electron chi connectivity index (χ1n) is 14.1. The molecule has 2 aliphatic rings. The lowest BCUT2D eigenvalue weighted by Gasteiger charge is -2.25. The molecule has 3 unspecified atom stereocenters. The molecule has 2 fully saturated rings. The van der Waals surface area contributed by atoms with Crippen molar-refractivity contribution in [3.8, 4) is 0 Å². The summed E-state index contributed by atoms with van der Waals surface area (Å²) in [6.07, 6.45) is 1.06. The second-order valence-corrected chi connectivity index (χ2v) is 10.6. The van der Waals surface area contributed by atoms with Crippen LogP contribution >= 0.6 is 0 Å². The minimum Gasteiger partial charge on any atom is -0.447 e. The molecule has 3 atom stereocenters. The van der Waals surface area contributed by atoms with Gasteiger partial charge in [-0.15, -0.1) is 0 Å². The van der Waals surface area contributed by atoms with E-state index in [1.54, 1.807) is 0 Å². The van der Waals surface area contributed by atoms with Crippen molar-refractivity contribution in [3.05, 3.63) is 108 Å². The second kappa shape index (κ2) is 13.3. The Labute approximate surface area is 239 Å². The zero-order chi connectivity index (χ0) is 28.6. The van der Waals surface area contributed by atoms with Gasteiger partial charge < -0.3 is 9.47 Å². The lowest BCUT2D eigenvalue weighted by molar-refractivity contribution is -0.134. The topological polar surface area (TPSA) is 93.2 Å². The fourth-order valence-corrected chi connectivity index (χ4v) is 5.60. The SMILES string of the molecule is O=C(CCCC(Cc1ccccc1)C(=O)N1C(=O)OCC1Cc1ccccc1)N1C(=O)OCC1Cc1ccccc1. The first-order valence-corrected chi connectivity index (χ1v) is 14.1. The van der Waals surface area contributed by atoms with Crippen molar-refractivity contribution >= 4 is 24.0 Å². The number of cyclic esters (lactones) is 2. The Hall–Kier alpha value is -4.46. The van der Waals surface area contributed by atoms with Crippen LogP contribution in [0.2, 0.25) is 0 Å². The van der Waals surface area contributed by atoms with Gasteiger partial charge in [0.05, 0.1) is 12.1 Å². The van der Waals surface area contributed by atoms with Crippen LogP contribution in [0.15, 0.2) is 91.0 Å². The molecule has 3 aromatic rings. The molecular weight excluding hydrogens is 520 g/mol. The van der Waals surface area contributed by atoms with E-state index in [9.17, 15) is 19.2 Å². The number of rotatable bonds is 11. The molecule has 0 saturated carbocycles. The molecule has 5 rings (SSSR count). The van der Waals surface area contributed by atoms with Crippen LogP contribution in [0.5, 0.6) is 0 Å². The van der Waals surface area contributed by atoms with Crippen LogP contribution in [0, 0.1) is 5.92 Å². The fourth-order valence-electron chi connectivity index (χ4n) is 5.60. The van der Waals surface area contributed by atoms with Crippen molar-refractivity contribution in [3.63, 3.8) is 0 Å². The van der Waals surface area contributed by atoms with Crippen LogP contribution in [-0.4, -0.2) is 59.1 Å². The summed E-state index contributed by atoms with van der Waals surface area (Å²) in [5.74, 6) is -1.14. The third-order valence-electron chi connectivity index (χ3n) is 7.67. The predicted molar refractivity (Wildman–Crippen MR) is 152 cm³/mol. The van der Waals surface area contributed by atoms with Crippen molar-refractivity contribution in [2.24, 2.45) is 5.92 Å². The maximum absolute atomic E-state index is 13.9. The van der Waals surface area contributed by atoms with E-state index in [1.165, 1.54) is 9.80 Å². The summed E-state index contributed by atoms with van der Waals surface area (Å²) >= 11 is 0. The van der Waals surface area contributed by atoms with Crippen molar-refractivity contribution in [1.29, 1.82) is 0 Å². The molecule has 0 radical (unpaired) electrons. The minimum atomic E-state index is -0.631. The second-order valence-electron chi connectivity index (χ2n) is 10.6. The van der Waals surface area contributed by atoms with E-state index in [0.717, 1.165) is 16.7 Å². The highest BCUT2D eigenvalue weighted by atomic mass is 16.6. The van der Waals surface area contributed by atoms with E-state index in [0.29, 0.717) is 32.1 Å². The van der Waals surface area contributed by atoms with Crippen molar-refractivity contribution < 1.29 is 28.7 Å². The van der Waals surface area contributed by atoms with Gasteiger partial charge in [-0.25, -0.2) is 19.4 Å². The minimum absolute atomic E-state index is 0.0941. The van der Waals surface area contributed by atoms with Gasteiger partial charge in [-0.2, -0.15) is 0 Å². The van der Waals surface area contributed by atoms with Crippen molar-refractivity contribution in [2.75, 3.05) is 13.2 Å². The van der Waals surface area contributed by atoms with Crippen LogP contribution in [-0.2, 0) is 38.3 Å². The number of imide groups is 2. The summed E-state index contributed by atoms with van der Waals surface area (Å²) < 4.78 is 10.5. The molecule has 0 spiro atoms. The first kappa shape index (κ1) is 28.1. The number of amides is 4. The average Bonchev–Trinajstić information content (AvgIpc) is 3.54. The Morgan fingerprint density at radius 3 is 1.68 bits per heavy atom. The first-order chi connectivity index (χ1) is 20.0. The van der Waals surface area contributed by atoms with Crippen molar-refractivity contribution in [1.82, 2.24) is 9.80 Å². The molecule has 0 bridgehead atoms. The number of ether oxygens (including phenoxy) is 2. The summed E-state index contributed by atoms with van der Waals surface area (Å²) in [4.78, 5) is 54.7. The van der Waals surface area contributed by atoms with Gasteiger partial charge in [-0.05, 0) is 48.8 Å². The molecule has 4 amide bonds. The van der Waals surface area contributed by atoms with Gasteiger partial charge in [0.2, 0.25) is 11.8 Å². The van der Waals surface area contributed by atoms with Crippen molar-refractivity contribution in [2.45, 2.75) is 50.6 Å². The summed E-state index contributed by atoms with van der Waals surface area (Å²) in [6.45, 7) is 0.310. The molecule has 3 aromatic carbocycles. The van der Waals surface area contributed by atoms with E-state index >= 15 is 0 Å². The molecule has 2 saturated heterocycles. The van der Waals surface area contributed by atoms with Gasteiger partial charge in [0, 0.05) is 12.3 Å². The Balaban J connectivity index is 1.25. The lowest BCUT2D eigenvalue weighted by atomic mass is 9.91. The molecule has 41 heavy (non-hydrogen) atoms. The Morgan fingerprint density at radius 2 is 1.15 bits per heavy atom. The normalized spacial score (nSPS) is 19.1. The predicted octanol–water partition coefficient (Wildman–Crippen LogP) is 5.20. The highest BCUT2D eigenvalue weighted by Gasteiger charge is 2.41. The number of hydrogen-bond acceptors (Lipinski definition) is 6. The van der Waals surface area contributed by atoms with Gasteiger partial charge in [0.1, 0.15) is 13.2 Å². The number of carbonyl (C=O) groups excluding carboxylic acids is 4. The van der Waals surface area contributed by atoms with Gasteiger partial charge in [0.25, 0.3) is 0 Å². The van der Waals surface area contributed by atoms with Gasteiger partial charge in [-0.3, -0.25) is 9.59 Å². The summed E-state index contributed by atoms with van der Waals surface area (Å²) in [5.41, 5.74) is 3.00. The number of benzene rings is 3. The standard InChI is InChI=1S/C33H34N2O6/c36-30(34-28(22-40-32(34)38)20-25-13-6-2-7-14-25)18-10-17-27(19-24-11-4-1-5-12-24)31(37)35-29(23-41-33(35)39)21-26-15-8-3-9-16-26/h1-9,11-16,27-29H,10,17-23H2. The zero-order valence-electron chi connectivity index (χ0n) is 22.9. The van der Waals surface area contributed by atoms with Gasteiger partial charge >= 0.3 is 12.2 Å². The number of nitrogens with zero attached hydrogens (tertiary/aromatic N) is 2. The fraction of sp³-hybridized carbons (Fsp3) is 0.333. The lowest BCUT2D eigenvalue weighted by Crippen LogP contribution is -2.44. The highest BCUT2D eigenvalue weighted by molar-refractivity contribution is 5.95. The monoisotopic (exact) mass is 554 g/mol. The molecular formula is C33H34N2O6.